The predicted octanol–water partition coefficient (Wildman–Crippen LogP) is 3.59. The molecule has 0 fully saturated rings. The van der Waals surface area contributed by atoms with E-state index in [9.17, 15) is 28.6 Å². The molecule has 120 valence electrons. The highest BCUT2D eigenvalue weighted by molar-refractivity contribution is 14.1. The van der Waals surface area contributed by atoms with Gasteiger partial charge in [0, 0.05) is 18.2 Å². The van der Waals surface area contributed by atoms with Gasteiger partial charge >= 0.3 is 0 Å². The minimum atomic E-state index is -4.24. The molecule has 0 heterocycles. The Morgan fingerprint density at radius 1 is 1.00 bits per heavy atom. The summed E-state index contributed by atoms with van der Waals surface area (Å²) in [6.45, 7) is 0. The van der Waals surface area contributed by atoms with Crippen LogP contribution in [0, 0.1) is 23.8 Å². The van der Waals surface area contributed by atoms with Gasteiger partial charge < -0.3 is 0 Å². The summed E-state index contributed by atoms with van der Waals surface area (Å²) in [6, 6.07) is 6.33. The Labute approximate surface area is 148 Å². The number of rotatable bonds is 4. The van der Waals surface area contributed by atoms with Crippen molar-refractivity contribution in [1.82, 2.24) is 0 Å². The predicted molar refractivity (Wildman–Crippen MR) is 89.4 cm³/mol. The number of non-ortho nitro benzene ring substituents is 1. The first-order valence-electron chi connectivity index (χ1n) is 5.77. The smallest absolute Gasteiger partial charge is 0.258 e. The monoisotopic (exact) mass is 468 g/mol. The van der Waals surface area contributed by atoms with Crippen molar-refractivity contribution in [3.8, 4) is 0 Å². The molecule has 2 rings (SSSR count). The minimum Gasteiger partial charge on any atom is -0.258 e. The third kappa shape index (κ3) is 3.43. The molecule has 2 aromatic rings. The van der Waals surface area contributed by atoms with Crippen molar-refractivity contribution in [2.75, 3.05) is 0 Å². The molecule has 0 aliphatic rings. The van der Waals surface area contributed by atoms with Crippen molar-refractivity contribution in [1.29, 1.82) is 0 Å². The first-order valence-corrected chi connectivity index (χ1v) is 8.71. The summed E-state index contributed by atoms with van der Waals surface area (Å²) in [5.41, 5.74) is -0.832. The van der Waals surface area contributed by atoms with Crippen LogP contribution in [-0.2, 0) is 9.84 Å². The molecular weight excluding hydrogens is 463 g/mol. The van der Waals surface area contributed by atoms with Crippen molar-refractivity contribution in [2.45, 2.75) is 9.79 Å². The molecule has 0 saturated carbocycles. The van der Waals surface area contributed by atoms with Crippen LogP contribution < -0.4 is 0 Å². The first kappa shape index (κ1) is 17.6. The number of sulfone groups is 1. The summed E-state index contributed by atoms with van der Waals surface area (Å²) in [5.74, 6) is 0. The summed E-state index contributed by atoms with van der Waals surface area (Å²) in [6.07, 6.45) is 0. The zero-order valence-electron chi connectivity index (χ0n) is 11.0. The highest BCUT2D eigenvalue weighted by Crippen LogP contribution is 2.33. The lowest BCUT2D eigenvalue weighted by Crippen LogP contribution is -2.05. The van der Waals surface area contributed by atoms with Gasteiger partial charge in [0.05, 0.1) is 28.2 Å². The minimum absolute atomic E-state index is 0.211. The van der Waals surface area contributed by atoms with Crippen molar-refractivity contribution in [3.05, 3.63) is 65.2 Å². The Hall–Kier alpha value is -1.79. The lowest BCUT2D eigenvalue weighted by atomic mass is 10.3. The van der Waals surface area contributed by atoms with Crippen LogP contribution in [0.1, 0.15) is 0 Å². The van der Waals surface area contributed by atoms with Crippen LogP contribution in [-0.4, -0.2) is 18.3 Å². The molecule has 0 aromatic heterocycles. The van der Waals surface area contributed by atoms with Crippen molar-refractivity contribution < 1.29 is 18.3 Å². The topological polar surface area (TPSA) is 120 Å². The number of hydrogen-bond donors (Lipinski definition) is 0. The zero-order chi connectivity index (χ0) is 17.4. The molecule has 0 saturated heterocycles. The van der Waals surface area contributed by atoms with Crippen LogP contribution in [0.5, 0.6) is 0 Å². The number of nitrogens with zero attached hydrogens (tertiary/aromatic N) is 2. The highest BCUT2D eigenvalue weighted by Gasteiger charge is 2.26. The normalized spacial score (nSPS) is 11.2. The summed E-state index contributed by atoms with van der Waals surface area (Å²) in [5, 5.41) is 21.5. The Kier molecular flexibility index (Phi) is 4.87. The molecular formula is C12H6ClIN2O6S. The van der Waals surface area contributed by atoms with Crippen LogP contribution in [0.3, 0.4) is 0 Å². The first-order chi connectivity index (χ1) is 10.6. The molecule has 8 nitrogen and oxygen atoms in total. The van der Waals surface area contributed by atoms with Gasteiger partial charge in [0.15, 0.2) is 0 Å². The molecule has 0 unspecified atom stereocenters. The maximum Gasteiger partial charge on any atom is 0.283 e. The van der Waals surface area contributed by atoms with Gasteiger partial charge in [0.25, 0.3) is 11.4 Å². The number of nitro groups is 2. The Bertz CT molecular complexity index is 931. The average molecular weight is 469 g/mol. The van der Waals surface area contributed by atoms with E-state index in [1.165, 1.54) is 12.1 Å². The van der Waals surface area contributed by atoms with Gasteiger partial charge in [0.1, 0.15) is 0 Å². The van der Waals surface area contributed by atoms with E-state index in [-0.39, 0.29) is 19.2 Å². The van der Waals surface area contributed by atoms with E-state index in [1.54, 1.807) is 22.6 Å². The SMILES string of the molecule is O=[N+]([O-])c1ccc(Cl)c(S(=O)(=O)c2ccc(I)c([N+](=O)[O-])c2)c1. The summed E-state index contributed by atoms with van der Waals surface area (Å²) < 4.78 is 25.4. The van der Waals surface area contributed by atoms with Gasteiger partial charge in [-0.2, -0.15) is 0 Å². The maximum atomic E-state index is 12.6. The van der Waals surface area contributed by atoms with E-state index in [0.29, 0.717) is 0 Å². The molecule has 0 aliphatic heterocycles. The average Bonchev–Trinajstić information content (AvgIpc) is 2.47. The fourth-order valence-electron chi connectivity index (χ4n) is 1.74. The fourth-order valence-corrected chi connectivity index (χ4v) is 4.06. The molecule has 0 atom stereocenters. The van der Waals surface area contributed by atoms with Crippen LogP contribution in [0.25, 0.3) is 0 Å². The molecule has 0 radical (unpaired) electrons. The third-order valence-electron chi connectivity index (χ3n) is 2.84. The third-order valence-corrected chi connectivity index (χ3v) is 5.98. The summed E-state index contributed by atoms with van der Waals surface area (Å²) in [7, 11) is -4.24. The highest BCUT2D eigenvalue weighted by atomic mass is 127. The Morgan fingerprint density at radius 3 is 2.22 bits per heavy atom. The molecule has 0 N–H and O–H groups in total. The molecule has 11 heteroatoms. The second kappa shape index (κ2) is 6.37. The van der Waals surface area contributed by atoms with Crippen molar-refractivity contribution >= 4 is 55.4 Å². The van der Waals surface area contributed by atoms with Crippen molar-refractivity contribution in [3.63, 3.8) is 0 Å². The van der Waals surface area contributed by atoms with E-state index in [1.807, 2.05) is 0 Å². The van der Waals surface area contributed by atoms with Crippen LogP contribution >= 0.6 is 34.2 Å². The standard InChI is InChI=1S/C12H6ClIN2O6S/c13-9-3-1-7(15(17)18)5-12(9)23(21,22)8-2-4-10(14)11(6-8)16(19)20/h1-6H. The zero-order valence-corrected chi connectivity index (χ0v) is 14.7. The summed E-state index contributed by atoms with van der Waals surface area (Å²) >= 11 is 7.54. The second-order valence-corrected chi connectivity index (χ2v) is 7.73. The molecule has 23 heavy (non-hydrogen) atoms. The van der Waals surface area contributed by atoms with E-state index in [2.05, 4.69) is 0 Å². The molecule has 0 amide bonds. The number of nitro benzene ring substituents is 2. The van der Waals surface area contributed by atoms with Gasteiger partial charge in [-0.05, 0) is 40.8 Å². The van der Waals surface area contributed by atoms with Crippen LogP contribution in [0.15, 0.2) is 46.2 Å². The van der Waals surface area contributed by atoms with Crippen LogP contribution in [0.2, 0.25) is 5.02 Å². The van der Waals surface area contributed by atoms with Gasteiger partial charge in [-0.15, -0.1) is 0 Å². The lowest BCUT2D eigenvalue weighted by Gasteiger charge is -2.07. The number of halogens is 2. The van der Waals surface area contributed by atoms with Gasteiger partial charge in [-0.1, -0.05) is 11.6 Å². The fraction of sp³-hybridized carbons (Fsp3) is 0. The van der Waals surface area contributed by atoms with Gasteiger partial charge in [0.2, 0.25) is 9.84 Å². The van der Waals surface area contributed by atoms with E-state index >= 15 is 0 Å². The van der Waals surface area contributed by atoms with Crippen LogP contribution in [0.4, 0.5) is 11.4 Å². The Balaban J connectivity index is 2.68. The van der Waals surface area contributed by atoms with Gasteiger partial charge in [-0.3, -0.25) is 20.2 Å². The largest absolute Gasteiger partial charge is 0.283 e. The second-order valence-electron chi connectivity index (χ2n) is 4.25. The number of benzene rings is 2. The molecule has 2 aromatic carbocycles. The van der Waals surface area contributed by atoms with Crippen molar-refractivity contribution in [2.24, 2.45) is 0 Å². The summed E-state index contributed by atoms with van der Waals surface area (Å²) in [4.78, 5) is 19.4. The molecule has 0 spiro atoms. The quantitative estimate of drug-likeness (QED) is 0.384. The van der Waals surface area contributed by atoms with E-state index in [0.717, 1.165) is 24.3 Å². The lowest BCUT2D eigenvalue weighted by molar-refractivity contribution is -0.386. The van der Waals surface area contributed by atoms with E-state index < -0.39 is 30.3 Å². The van der Waals surface area contributed by atoms with Gasteiger partial charge in [-0.25, -0.2) is 8.42 Å². The molecule has 0 aliphatic carbocycles. The Morgan fingerprint density at radius 2 is 1.65 bits per heavy atom. The molecule has 0 bridgehead atoms. The maximum absolute atomic E-state index is 12.6. The number of hydrogen-bond acceptors (Lipinski definition) is 6. The van der Waals surface area contributed by atoms with E-state index in [4.69, 9.17) is 11.6 Å².